The third kappa shape index (κ3) is 5.58. The fourth-order valence-corrected chi connectivity index (χ4v) is 2.37. The molecule has 22 heavy (non-hydrogen) atoms. The van der Waals surface area contributed by atoms with Crippen LogP contribution in [0.25, 0.3) is 0 Å². The summed E-state index contributed by atoms with van der Waals surface area (Å²) < 4.78 is 0. The normalized spacial score (nSPS) is 11.9. The highest BCUT2D eigenvalue weighted by Gasteiger charge is 2.08. The summed E-state index contributed by atoms with van der Waals surface area (Å²) in [5, 5.41) is 6.14. The van der Waals surface area contributed by atoms with Gasteiger partial charge in [0.2, 0.25) is 5.91 Å². The number of amides is 1. The second kappa shape index (κ2) is 8.20. The standard InChI is InChI=1S/C18H23N3O/c1-14(10-16-8-5-9-17(19)11-16)21-18(22)13-20-12-15-6-3-2-4-7-15/h2-9,11,14,20H,10,12-13,19H2,1H3,(H,21,22). The van der Waals surface area contributed by atoms with Gasteiger partial charge >= 0.3 is 0 Å². The average molecular weight is 297 g/mol. The molecular formula is C18H23N3O. The van der Waals surface area contributed by atoms with Gasteiger partial charge in [-0.25, -0.2) is 0 Å². The first-order valence-corrected chi connectivity index (χ1v) is 7.52. The smallest absolute Gasteiger partial charge is 0.234 e. The number of carbonyl (C=O) groups excluding carboxylic acids is 1. The zero-order valence-corrected chi connectivity index (χ0v) is 12.9. The Balaban J connectivity index is 1.70. The van der Waals surface area contributed by atoms with Gasteiger partial charge in [0, 0.05) is 18.3 Å². The highest BCUT2D eigenvalue weighted by molar-refractivity contribution is 5.78. The van der Waals surface area contributed by atoms with Crippen LogP contribution in [0.5, 0.6) is 0 Å². The molecule has 0 heterocycles. The van der Waals surface area contributed by atoms with Crippen LogP contribution in [0.1, 0.15) is 18.1 Å². The minimum absolute atomic E-state index is 0.00679. The number of nitrogen functional groups attached to an aromatic ring is 1. The summed E-state index contributed by atoms with van der Waals surface area (Å²) in [7, 11) is 0. The van der Waals surface area contributed by atoms with Gasteiger partial charge in [0.15, 0.2) is 0 Å². The number of hydrogen-bond donors (Lipinski definition) is 3. The second-order valence-electron chi connectivity index (χ2n) is 5.51. The fourth-order valence-electron chi connectivity index (χ4n) is 2.37. The molecule has 0 aromatic heterocycles. The highest BCUT2D eigenvalue weighted by Crippen LogP contribution is 2.08. The van der Waals surface area contributed by atoms with E-state index >= 15 is 0 Å². The zero-order valence-electron chi connectivity index (χ0n) is 12.9. The van der Waals surface area contributed by atoms with Crippen LogP contribution >= 0.6 is 0 Å². The summed E-state index contributed by atoms with van der Waals surface area (Å²) in [4.78, 5) is 11.9. The number of benzene rings is 2. The number of nitrogens with two attached hydrogens (primary N) is 1. The van der Waals surface area contributed by atoms with E-state index in [0.717, 1.165) is 17.7 Å². The largest absolute Gasteiger partial charge is 0.399 e. The first kappa shape index (κ1) is 16.0. The number of anilines is 1. The monoisotopic (exact) mass is 297 g/mol. The van der Waals surface area contributed by atoms with Crippen LogP contribution in [0, 0.1) is 0 Å². The molecule has 1 amide bonds. The van der Waals surface area contributed by atoms with E-state index in [9.17, 15) is 4.79 Å². The van der Waals surface area contributed by atoms with Crippen molar-refractivity contribution in [2.75, 3.05) is 12.3 Å². The van der Waals surface area contributed by atoms with Crippen molar-refractivity contribution in [3.05, 3.63) is 65.7 Å². The average Bonchev–Trinajstić information content (AvgIpc) is 2.48. The van der Waals surface area contributed by atoms with Crippen LogP contribution in [0.2, 0.25) is 0 Å². The van der Waals surface area contributed by atoms with E-state index in [0.29, 0.717) is 13.1 Å². The van der Waals surface area contributed by atoms with Crippen LogP contribution < -0.4 is 16.4 Å². The molecule has 0 spiro atoms. The van der Waals surface area contributed by atoms with Gasteiger partial charge in [-0.1, -0.05) is 42.5 Å². The van der Waals surface area contributed by atoms with Crippen molar-refractivity contribution in [2.45, 2.75) is 25.9 Å². The van der Waals surface area contributed by atoms with E-state index in [4.69, 9.17) is 5.73 Å². The SMILES string of the molecule is CC(Cc1cccc(N)c1)NC(=O)CNCc1ccccc1. The van der Waals surface area contributed by atoms with E-state index in [-0.39, 0.29) is 11.9 Å². The Kier molecular flexibility index (Phi) is 5.98. The minimum atomic E-state index is 0.00679. The predicted molar refractivity (Wildman–Crippen MR) is 90.3 cm³/mol. The molecule has 0 saturated carbocycles. The van der Waals surface area contributed by atoms with E-state index < -0.39 is 0 Å². The van der Waals surface area contributed by atoms with Gasteiger partial charge in [-0.3, -0.25) is 4.79 Å². The van der Waals surface area contributed by atoms with Gasteiger partial charge in [-0.2, -0.15) is 0 Å². The van der Waals surface area contributed by atoms with Gasteiger partial charge in [0.25, 0.3) is 0 Å². The van der Waals surface area contributed by atoms with E-state index in [2.05, 4.69) is 10.6 Å². The Hall–Kier alpha value is -2.33. The maximum Gasteiger partial charge on any atom is 0.234 e. The molecule has 0 aliphatic heterocycles. The lowest BCUT2D eigenvalue weighted by Crippen LogP contribution is -2.39. The van der Waals surface area contributed by atoms with Gasteiger partial charge in [-0.15, -0.1) is 0 Å². The summed E-state index contributed by atoms with van der Waals surface area (Å²) >= 11 is 0. The quantitative estimate of drug-likeness (QED) is 0.686. The predicted octanol–water partition coefficient (Wildman–Crippen LogP) is 2.11. The molecule has 1 atom stereocenters. The Bertz CT molecular complexity index is 598. The molecule has 4 N–H and O–H groups in total. The third-order valence-electron chi connectivity index (χ3n) is 3.36. The van der Waals surface area contributed by atoms with Crippen LogP contribution in [0.15, 0.2) is 54.6 Å². The Labute approximate surface area is 131 Å². The molecule has 1 unspecified atom stereocenters. The minimum Gasteiger partial charge on any atom is -0.399 e. The van der Waals surface area contributed by atoms with Gasteiger partial charge in [0.1, 0.15) is 0 Å². The highest BCUT2D eigenvalue weighted by atomic mass is 16.1. The summed E-state index contributed by atoms with van der Waals surface area (Å²) in [5.74, 6) is 0.00679. The number of carbonyl (C=O) groups is 1. The number of hydrogen-bond acceptors (Lipinski definition) is 3. The van der Waals surface area contributed by atoms with Crippen LogP contribution in [-0.4, -0.2) is 18.5 Å². The number of nitrogens with one attached hydrogen (secondary N) is 2. The Morgan fingerprint density at radius 3 is 2.55 bits per heavy atom. The molecule has 2 aromatic rings. The number of rotatable bonds is 7. The van der Waals surface area contributed by atoms with Crippen molar-refractivity contribution < 1.29 is 4.79 Å². The molecular weight excluding hydrogens is 274 g/mol. The molecule has 4 nitrogen and oxygen atoms in total. The van der Waals surface area contributed by atoms with E-state index in [1.165, 1.54) is 5.56 Å². The first-order chi connectivity index (χ1) is 10.6. The fraction of sp³-hybridized carbons (Fsp3) is 0.278. The molecule has 0 saturated heterocycles. The lowest BCUT2D eigenvalue weighted by Gasteiger charge is -2.14. The van der Waals surface area contributed by atoms with E-state index in [1.54, 1.807) is 0 Å². The van der Waals surface area contributed by atoms with Gasteiger partial charge < -0.3 is 16.4 Å². The Morgan fingerprint density at radius 1 is 1.09 bits per heavy atom. The summed E-state index contributed by atoms with van der Waals surface area (Å²) in [6.45, 7) is 3.01. The lowest BCUT2D eigenvalue weighted by molar-refractivity contribution is -0.120. The van der Waals surface area contributed by atoms with Crippen LogP contribution in [0.3, 0.4) is 0 Å². The second-order valence-corrected chi connectivity index (χ2v) is 5.51. The maximum atomic E-state index is 11.9. The van der Waals surface area contributed by atoms with Gasteiger partial charge in [-0.05, 0) is 36.6 Å². The molecule has 0 radical (unpaired) electrons. The first-order valence-electron chi connectivity index (χ1n) is 7.52. The third-order valence-corrected chi connectivity index (χ3v) is 3.36. The molecule has 0 bridgehead atoms. The molecule has 116 valence electrons. The summed E-state index contributed by atoms with van der Waals surface area (Å²) in [5.41, 5.74) is 8.81. The maximum absolute atomic E-state index is 11.9. The zero-order chi connectivity index (χ0) is 15.8. The molecule has 2 aromatic carbocycles. The summed E-state index contributed by atoms with van der Waals surface area (Å²) in [6.07, 6.45) is 0.773. The molecule has 2 rings (SSSR count). The van der Waals surface area contributed by atoms with Crippen molar-refractivity contribution >= 4 is 11.6 Å². The Morgan fingerprint density at radius 2 is 1.82 bits per heavy atom. The molecule has 0 fully saturated rings. The topological polar surface area (TPSA) is 67.1 Å². The van der Waals surface area contributed by atoms with Crippen LogP contribution in [0.4, 0.5) is 5.69 Å². The van der Waals surface area contributed by atoms with Gasteiger partial charge in [0.05, 0.1) is 6.54 Å². The van der Waals surface area contributed by atoms with E-state index in [1.807, 2.05) is 61.5 Å². The molecule has 0 aliphatic carbocycles. The van der Waals surface area contributed by atoms with Crippen molar-refractivity contribution in [1.82, 2.24) is 10.6 Å². The van der Waals surface area contributed by atoms with Crippen molar-refractivity contribution in [1.29, 1.82) is 0 Å². The summed E-state index contributed by atoms with van der Waals surface area (Å²) in [6, 6.07) is 17.9. The molecule has 4 heteroatoms. The van der Waals surface area contributed by atoms with Crippen molar-refractivity contribution in [2.24, 2.45) is 0 Å². The van der Waals surface area contributed by atoms with Crippen molar-refractivity contribution in [3.8, 4) is 0 Å². The van der Waals surface area contributed by atoms with Crippen LogP contribution in [-0.2, 0) is 17.8 Å². The van der Waals surface area contributed by atoms with Crippen molar-refractivity contribution in [3.63, 3.8) is 0 Å². The molecule has 0 aliphatic rings. The lowest BCUT2D eigenvalue weighted by atomic mass is 10.1.